The standard InChI is InChI=1S/C23H23N3O2S/c1-16(27)24-14-11-17-7-9-18(10-8-17)20-15-29-22(25-20)26-21(28)23(12-13-23)19-5-3-2-4-6-19/h2-10,15H,11-14H2,1H3,(H,24,27)(H,25,26,28). The molecule has 0 spiro atoms. The minimum Gasteiger partial charge on any atom is -0.356 e. The van der Waals surface area contributed by atoms with Crippen molar-refractivity contribution in [3.8, 4) is 11.3 Å². The van der Waals surface area contributed by atoms with Gasteiger partial charge in [0.15, 0.2) is 5.13 Å². The second kappa shape index (κ2) is 8.17. The molecule has 1 aliphatic carbocycles. The molecule has 5 nitrogen and oxygen atoms in total. The molecule has 1 fully saturated rings. The van der Waals surface area contributed by atoms with Gasteiger partial charge in [0.05, 0.1) is 11.1 Å². The van der Waals surface area contributed by atoms with Crippen LogP contribution in [0.2, 0.25) is 0 Å². The van der Waals surface area contributed by atoms with Gasteiger partial charge in [0.1, 0.15) is 0 Å². The van der Waals surface area contributed by atoms with E-state index >= 15 is 0 Å². The third-order valence-corrected chi connectivity index (χ3v) is 6.03. The zero-order chi connectivity index (χ0) is 20.3. The van der Waals surface area contributed by atoms with Crippen molar-refractivity contribution in [2.45, 2.75) is 31.6 Å². The number of benzene rings is 2. The van der Waals surface area contributed by atoms with Crippen LogP contribution in [0, 0.1) is 0 Å². The summed E-state index contributed by atoms with van der Waals surface area (Å²) in [6, 6.07) is 18.1. The fraction of sp³-hybridized carbons (Fsp3) is 0.261. The van der Waals surface area contributed by atoms with E-state index in [4.69, 9.17) is 0 Å². The van der Waals surface area contributed by atoms with Gasteiger partial charge in [0.2, 0.25) is 11.8 Å². The molecule has 1 aliphatic rings. The van der Waals surface area contributed by atoms with E-state index in [1.165, 1.54) is 18.3 Å². The number of amides is 2. The number of rotatable bonds is 7. The van der Waals surface area contributed by atoms with Crippen molar-refractivity contribution in [1.82, 2.24) is 10.3 Å². The first-order chi connectivity index (χ1) is 14.1. The van der Waals surface area contributed by atoms with Gasteiger partial charge in [-0.1, -0.05) is 54.6 Å². The van der Waals surface area contributed by atoms with Crippen molar-refractivity contribution in [3.05, 3.63) is 71.1 Å². The third-order valence-electron chi connectivity index (χ3n) is 5.27. The van der Waals surface area contributed by atoms with Crippen LogP contribution in [-0.4, -0.2) is 23.3 Å². The minimum absolute atomic E-state index is 0.0149. The van der Waals surface area contributed by atoms with Gasteiger partial charge in [-0.2, -0.15) is 0 Å². The average molecular weight is 406 g/mol. The Bertz CT molecular complexity index is 1010. The maximum absolute atomic E-state index is 12.9. The van der Waals surface area contributed by atoms with Gasteiger partial charge >= 0.3 is 0 Å². The minimum atomic E-state index is -0.400. The van der Waals surface area contributed by atoms with Crippen LogP contribution in [0.1, 0.15) is 30.9 Å². The molecule has 2 amide bonds. The lowest BCUT2D eigenvalue weighted by Crippen LogP contribution is -2.27. The number of carbonyl (C=O) groups is 2. The molecule has 2 N–H and O–H groups in total. The van der Waals surface area contributed by atoms with E-state index in [1.807, 2.05) is 60.0 Å². The van der Waals surface area contributed by atoms with Crippen LogP contribution >= 0.6 is 11.3 Å². The van der Waals surface area contributed by atoms with Crippen molar-refractivity contribution >= 4 is 28.3 Å². The first kappa shape index (κ1) is 19.3. The summed E-state index contributed by atoms with van der Waals surface area (Å²) in [5.41, 5.74) is 3.69. The van der Waals surface area contributed by atoms with Crippen LogP contribution in [0.5, 0.6) is 0 Å². The van der Waals surface area contributed by atoms with Crippen LogP contribution < -0.4 is 10.6 Å². The summed E-state index contributed by atoms with van der Waals surface area (Å²) in [5.74, 6) is 0.0110. The lowest BCUT2D eigenvalue weighted by molar-refractivity contribution is -0.119. The van der Waals surface area contributed by atoms with Gasteiger partial charge in [-0.05, 0) is 30.4 Å². The van der Waals surface area contributed by atoms with Gasteiger partial charge in [-0.15, -0.1) is 11.3 Å². The maximum atomic E-state index is 12.9. The molecule has 0 radical (unpaired) electrons. The Morgan fingerprint density at radius 3 is 2.45 bits per heavy atom. The summed E-state index contributed by atoms with van der Waals surface area (Å²) < 4.78 is 0. The molecule has 4 rings (SSSR count). The van der Waals surface area contributed by atoms with Crippen LogP contribution in [-0.2, 0) is 21.4 Å². The lowest BCUT2D eigenvalue weighted by Gasteiger charge is -2.14. The molecule has 0 bridgehead atoms. The highest BCUT2D eigenvalue weighted by atomic mass is 32.1. The fourth-order valence-electron chi connectivity index (χ4n) is 3.43. The SMILES string of the molecule is CC(=O)NCCc1ccc(-c2csc(NC(=O)C3(c4ccccc4)CC3)n2)cc1. The first-order valence-corrected chi connectivity index (χ1v) is 10.6. The Hall–Kier alpha value is -2.99. The predicted octanol–water partition coefficient (Wildman–Crippen LogP) is 4.16. The van der Waals surface area contributed by atoms with E-state index in [-0.39, 0.29) is 11.8 Å². The van der Waals surface area contributed by atoms with Crippen LogP contribution in [0.25, 0.3) is 11.3 Å². The molecule has 29 heavy (non-hydrogen) atoms. The van der Waals surface area contributed by atoms with Crippen LogP contribution in [0.3, 0.4) is 0 Å². The Morgan fingerprint density at radius 1 is 1.07 bits per heavy atom. The average Bonchev–Trinajstić information content (AvgIpc) is 3.42. The summed E-state index contributed by atoms with van der Waals surface area (Å²) in [7, 11) is 0. The number of hydrogen-bond acceptors (Lipinski definition) is 4. The highest BCUT2D eigenvalue weighted by Gasteiger charge is 2.51. The third kappa shape index (κ3) is 4.38. The summed E-state index contributed by atoms with van der Waals surface area (Å²) in [5, 5.41) is 8.40. The topological polar surface area (TPSA) is 71.1 Å². The molecule has 6 heteroatoms. The first-order valence-electron chi connectivity index (χ1n) is 9.73. The van der Waals surface area contributed by atoms with Gasteiger partial charge in [0, 0.05) is 24.4 Å². The number of hydrogen-bond donors (Lipinski definition) is 2. The second-order valence-electron chi connectivity index (χ2n) is 7.37. The normalized spacial score (nSPS) is 14.2. The molecule has 3 aromatic rings. The van der Waals surface area contributed by atoms with Gasteiger partial charge in [-0.3, -0.25) is 9.59 Å². The number of nitrogens with zero attached hydrogens (tertiary/aromatic N) is 1. The molecule has 148 valence electrons. The summed E-state index contributed by atoms with van der Waals surface area (Å²) in [4.78, 5) is 28.4. The summed E-state index contributed by atoms with van der Waals surface area (Å²) in [6.07, 6.45) is 2.54. The van der Waals surface area contributed by atoms with E-state index in [0.717, 1.165) is 41.6 Å². The molecule has 1 heterocycles. The highest BCUT2D eigenvalue weighted by Crippen LogP contribution is 2.49. The van der Waals surface area contributed by atoms with Crippen molar-refractivity contribution in [3.63, 3.8) is 0 Å². The van der Waals surface area contributed by atoms with Gasteiger partial charge < -0.3 is 10.6 Å². The Balaban J connectivity index is 1.40. The largest absolute Gasteiger partial charge is 0.356 e. The number of carbonyl (C=O) groups excluding carboxylic acids is 2. The molecule has 0 aliphatic heterocycles. The zero-order valence-corrected chi connectivity index (χ0v) is 17.1. The lowest BCUT2D eigenvalue weighted by atomic mass is 9.95. The number of aromatic nitrogens is 1. The van der Waals surface area contributed by atoms with E-state index in [2.05, 4.69) is 15.6 Å². The van der Waals surface area contributed by atoms with E-state index < -0.39 is 5.41 Å². The molecule has 1 aromatic heterocycles. The smallest absolute Gasteiger partial charge is 0.236 e. The zero-order valence-electron chi connectivity index (χ0n) is 16.3. The molecule has 0 unspecified atom stereocenters. The van der Waals surface area contributed by atoms with E-state index in [9.17, 15) is 9.59 Å². The number of nitrogens with one attached hydrogen (secondary N) is 2. The van der Waals surface area contributed by atoms with Crippen molar-refractivity contribution in [2.24, 2.45) is 0 Å². The Kier molecular flexibility index (Phi) is 5.45. The molecule has 0 atom stereocenters. The number of thiazole rings is 1. The van der Waals surface area contributed by atoms with Crippen molar-refractivity contribution in [1.29, 1.82) is 0 Å². The maximum Gasteiger partial charge on any atom is 0.236 e. The summed E-state index contributed by atoms with van der Waals surface area (Å²) in [6.45, 7) is 2.15. The Morgan fingerprint density at radius 2 is 1.79 bits per heavy atom. The highest BCUT2D eigenvalue weighted by molar-refractivity contribution is 7.14. The van der Waals surface area contributed by atoms with Gasteiger partial charge in [-0.25, -0.2) is 4.98 Å². The molecular weight excluding hydrogens is 382 g/mol. The second-order valence-corrected chi connectivity index (χ2v) is 8.23. The molecule has 1 saturated carbocycles. The van der Waals surface area contributed by atoms with Crippen molar-refractivity contribution in [2.75, 3.05) is 11.9 Å². The monoisotopic (exact) mass is 405 g/mol. The Labute approximate surface area is 174 Å². The van der Waals surface area contributed by atoms with Crippen molar-refractivity contribution < 1.29 is 9.59 Å². The van der Waals surface area contributed by atoms with Crippen LogP contribution in [0.15, 0.2) is 60.0 Å². The quantitative estimate of drug-likeness (QED) is 0.620. The van der Waals surface area contributed by atoms with E-state index in [1.54, 1.807) is 0 Å². The van der Waals surface area contributed by atoms with E-state index in [0.29, 0.717) is 11.7 Å². The summed E-state index contributed by atoms with van der Waals surface area (Å²) >= 11 is 1.44. The predicted molar refractivity (Wildman–Crippen MR) is 116 cm³/mol. The fourth-order valence-corrected chi connectivity index (χ4v) is 4.15. The van der Waals surface area contributed by atoms with Gasteiger partial charge in [0.25, 0.3) is 0 Å². The molecule has 2 aromatic carbocycles. The molecule has 0 saturated heterocycles. The van der Waals surface area contributed by atoms with Crippen LogP contribution in [0.4, 0.5) is 5.13 Å². The number of anilines is 1. The molecular formula is C23H23N3O2S.